The minimum Gasteiger partial charge on any atom is -0.494 e. The molecule has 1 heterocycles. The molecule has 0 aliphatic rings. The lowest BCUT2D eigenvalue weighted by Crippen LogP contribution is -2.17. The predicted molar refractivity (Wildman–Crippen MR) is 76.7 cm³/mol. The van der Waals surface area contributed by atoms with Crippen LogP contribution in [0.3, 0.4) is 0 Å². The first-order valence-electron chi connectivity index (χ1n) is 6.62. The predicted octanol–water partition coefficient (Wildman–Crippen LogP) is 3.60. The third-order valence-corrected chi connectivity index (χ3v) is 3.20. The van der Waals surface area contributed by atoms with Gasteiger partial charge in [0.25, 0.3) is 0 Å². The van der Waals surface area contributed by atoms with Gasteiger partial charge in [-0.25, -0.2) is 0 Å². The average Bonchev–Trinajstić information content (AvgIpc) is 2.72. The largest absolute Gasteiger partial charge is 0.494 e. The third-order valence-electron chi connectivity index (χ3n) is 3.20. The minimum atomic E-state index is 0.146. The molecule has 0 saturated carbocycles. The molecule has 3 heteroatoms. The van der Waals surface area contributed by atoms with Crippen LogP contribution in [0.5, 0.6) is 5.75 Å². The Morgan fingerprint density at radius 1 is 1.21 bits per heavy atom. The summed E-state index contributed by atoms with van der Waals surface area (Å²) in [7, 11) is 1.96. The Hall–Kier alpha value is -1.74. The Balaban J connectivity index is 2.29. The van der Waals surface area contributed by atoms with Crippen molar-refractivity contribution < 1.29 is 9.15 Å². The molecule has 1 aromatic carbocycles. The number of hydrogen-bond donors (Lipinski definition) is 1. The van der Waals surface area contributed by atoms with E-state index in [-0.39, 0.29) is 6.04 Å². The summed E-state index contributed by atoms with van der Waals surface area (Å²) in [6, 6.07) is 10.4. The standard InChI is InChI=1S/C16H21NO2/c1-5-18-14-8-6-13(7-9-14)16(17-4)15-10-11(2)19-12(15)3/h6-10,16-17H,5H2,1-4H3. The Morgan fingerprint density at radius 3 is 2.37 bits per heavy atom. The summed E-state index contributed by atoms with van der Waals surface area (Å²) in [5.41, 5.74) is 2.39. The molecule has 102 valence electrons. The van der Waals surface area contributed by atoms with Gasteiger partial charge < -0.3 is 14.5 Å². The van der Waals surface area contributed by atoms with E-state index in [0.717, 1.165) is 17.3 Å². The van der Waals surface area contributed by atoms with Gasteiger partial charge in [-0.15, -0.1) is 0 Å². The molecule has 2 aromatic rings. The van der Waals surface area contributed by atoms with E-state index in [9.17, 15) is 0 Å². The van der Waals surface area contributed by atoms with Gasteiger partial charge >= 0.3 is 0 Å². The zero-order chi connectivity index (χ0) is 13.8. The van der Waals surface area contributed by atoms with Crippen molar-refractivity contribution >= 4 is 0 Å². The summed E-state index contributed by atoms with van der Waals surface area (Å²) in [6.45, 7) is 6.65. The van der Waals surface area contributed by atoms with Crippen LogP contribution in [-0.4, -0.2) is 13.7 Å². The van der Waals surface area contributed by atoms with Gasteiger partial charge in [0.15, 0.2) is 0 Å². The highest BCUT2D eigenvalue weighted by Crippen LogP contribution is 2.28. The van der Waals surface area contributed by atoms with Crippen molar-refractivity contribution in [1.29, 1.82) is 0 Å². The first kappa shape index (κ1) is 13.7. The van der Waals surface area contributed by atoms with Crippen molar-refractivity contribution in [2.75, 3.05) is 13.7 Å². The second kappa shape index (κ2) is 5.93. The topological polar surface area (TPSA) is 34.4 Å². The molecule has 0 aliphatic heterocycles. The Labute approximate surface area is 114 Å². The van der Waals surface area contributed by atoms with E-state index in [4.69, 9.17) is 9.15 Å². The highest BCUT2D eigenvalue weighted by molar-refractivity contribution is 5.37. The summed E-state index contributed by atoms with van der Waals surface area (Å²) in [4.78, 5) is 0. The van der Waals surface area contributed by atoms with Crippen LogP contribution in [0.25, 0.3) is 0 Å². The number of aryl methyl sites for hydroxylation is 2. The number of hydrogen-bond acceptors (Lipinski definition) is 3. The molecule has 2 rings (SSSR count). The fourth-order valence-electron chi connectivity index (χ4n) is 2.36. The first-order chi connectivity index (χ1) is 9.15. The number of benzene rings is 1. The fourth-order valence-corrected chi connectivity index (χ4v) is 2.36. The highest BCUT2D eigenvalue weighted by atomic mass is 16.5. The van der Waals surface area contributed by atoms with E-state index < -0.39 is 0 Å². The van der Waals surface area contributed by atoms with Gasteiger partial charge in [0.2, 0.25) is 0 Å². The van der Waals surface area contributed by atoms with Crippen molar-refractivity contribution in [3.63, 3.8) is 0 Å². The van der Waals surface area contributed by atoms with Gasteiger partial charge in [-0.3, -0.25) is 0 Å². The van der Waals surface area contributed by atoms with Crippen LogP contribution >= 0.6 is 0 Å². The maximum atomic E-state index is 5.62. The molecule has 1 atom stereocenters. The van der Waals surface area contributed by atoms with Gasteiger partial charge in [0, 0.05) is 5.56 Å². The van der Waals surface area contributed by atoms with E-state index in [1.54, 1.807) is 0 Å². The fraction of sp³-hybridized carbons (Fsp3) is 0.375. The molecule has 19 heavy (non-hydrogen) atoms. The summed E-state index contributed by atoms with van der Waals surface area (Å²) in [5.74, 6) is 2.81. The molecule has 1 unspecified atom stereocenters. The Morgan fingerprint density at radius 2 is 1.89 bits per heavy atom. The summed E-state index contributed by atoms with van der Waals surface area (Å²) in [5, 5.41) is 3.34. The van der Waals surface area contributed by atoms with Crippen molar-refractivity contribution in [3.8, 4) is 5.75 Å². The molecule has 3 nitrogen and oxygen atoms in total. The number of rotatable bonds is 5. The maximum absolute atomic E-state index is 5.62. The van der Waals surface area contributed by atoms with Crippen molar-refractivity contribution in [2.24, 2.45) is 0 Å². The van der Waals surface area contributed by atoms with Crippen LogP contribution < -0.4 is 10.1 Å². The zero-order valence-electron chi connectivity index (χ0n) is 12.0. The van der Waals surface area contributed by atoms with Crippen LogP contribution in [0, 0.1) is 13.8 Å². The number of furan rings is 1. The smallest absolute Gasteiger partial charge is 0.119 e. The molecular formula is C16H21NO2. The van der Waals surface area contributed by atoms with E-state index in [2.05, 4.69) is 23.5 Å². The maximum Gasteiger partial charge on any atom is 0.119 e. The second-order valence-corrected chi connectivity index (χ2v) is 4.59. The Kier molecular flexibility index (Phi) is 4.27. The van der Waals surface area contributed by atoms with E-state index in [1.807, 2.05) is 40.0 Å². The summed E-state index contributed by atoms with van der Waals surface area (Å²) < 4.78 is 11.1. The SMILES string of the molecule is CCOc1ccc(C(NC)c2cc(C)oc2C)cc1. The van der Waals surface area contributed by atoms with Crippen molar-refractivity contribution in [3.05, 3.63) is 53.0 Å². The lowest BCUT2D eigenvalue weighted by atomic mass is 9.99. The summed E-state index contributed by atoms with van der Waals surface area (Å²) in [6.07, 6.45) is 0. The quantitative estimate of drug-likeness (QED) is 0.890. The van der Waals surface area contributed by atoms with Crippen LogP contribution in [0.2, 0.25) is 0 Å². The van der Waals surface area contributed by atoms with Crippen molar-refractivity contribution in [1.82, 2.24) is 5.32 Å². The van der Waals surface area contributed by atoms with Gasteiger partial charge in [-0.05, 0) is 51.6 Å². The number of ether oxygens (including phenoxy) is 1. The normalized spacial score (nSPS) is 12.4. The molecule has 0 aliphatic carbocycles. The first-order valence-corrected chi connectivity index (χ1v) is 6.62. The van der Waals surface area contributed by atoms with E-state index in [0.29, 0.717) is 6.61 Å². The van der Waals surface area contributed by atoms with Gasteiger partial charge in [0.1, 0.15) is 17.3 Å². The monoisotopic (exact) mass is 259 g/mol. The Bertz CT molecular complexity index is 528. The molecule has 1 N–H and O–H groups in total. The molecule has 0 amide bonds. The molecule has 1 aromatic heterocycles. The van der Waals surface area contributed by atoms with Crippen molar-refractivity contribution in [2.45, 2.75) is 26.8 Å². The molecule has 0 fully saturated rings. The van der Waals surface area contributed by atoms with Gasteiger partial charge in [0.05, 0.1) is 12.6 Å². The zero-order valence-corrected chi connectivity index (χ0v) is 12.0. The molecule has 0 bridgehead atoms. The van der Waals surface area contributed by atoms with Crippen LogP contribution in [0.1, 0.15) is 35.6 Å². The average molecular weight is 259 g/mol. The third kappa shape index (κ3) is 2.99. The van der Waals surface area contributed by atoms with Crippen LogP contribution in [0.4, 0.5) is 0 Å². The number of nitrogens with one attached hydrogen (secondary N) is 1. The van der Waals surface area contributed by atoms with Gasteiger partial charge in [-0.2, -0.15) is 0 Å². The van der Waals surface area contributed by atoms with E-state index in [1.165, 1.54) is 11.1 Å². The molecule has 0 saturated heterocycles. The summed E-state index contributed by atoms with van der Waals surface area (Å²) >= 11 is 0. The molecule has 0 spiro atoms. The van der Waals surface area contributed by atoms with E-state index >= 15 is 0 Å². The lowest BCUT2D eigenvalue weighted by Gasteiger charge is -2.16. The molecule has 0 radical (unpaired) electrons. The lowest BCUT2D eigenvalue weighted by molar-refractivity contribution is 0.340. The van der Waals surface area contributed by atoms with Crippen LogP contribution in [-0.2, 0) is 0 Å². The second-order valence-electron chi connectivity index (χ2n) is 4.59. The van der Waals surface area contributed by atoms with Gasteiger partial charge in [-0.1, -0.05) is 12.1 Å². The minimum absolute atomic E-state index is 0.146. The molecular weight excluding hydrogens is 238 g/mol. The highest BCUT2D eigenvalue weighted by Gasteiger charge is 2.17. The van der Waals surface area contributed by atoms with Crippen LogP contribution in [0.15, 0.2) is 34.7 Å².